The van der Waals surface area contributed by atoms with Crippen molar-refractivity contribution in [2.24, 2.45) is 0 Å². The summed E-state index contributed by atoms with van der Waals surface area (Å²) in [5.74, 6) is 3.84. The van der Waals surface area contributed by atoms with Gasteiger partial charge in [-0.15, -0.1) is 13.2 Å². The topological polar surface area (TPSA) is 35.5 Å². The van der Waals surface area contributed by atoms with Crippen LogP contribution in [0.5, 0.6) is 5.75 Å². The maximum absolute atomic E-state index is 12.2. The van der Waals surface area contributed by atoms with E-state index in [0.717, 1.165) is 6.07 Å². The fourth-order valence-electron chi connectivity index (χ4n) is 1.09. The van der Waals surface area contributed by atoms with Crippen LogP contribution in [0.1, 0.15) is 12.0 Å². The molecule has 3 nitrogen and oxygen atoms in total. The Morgan fingerprint density at radius 2 is 2.11 bits per heavy atom. The second-order valence-electron chi connectivity index (χ2n) is 3.24. The molecular formula is C12H8BrF3O3. The van der Waals surface area contributed by atoms with Gasteiger partial charge in [0.15, 0.2) is 0 Å². The Morgan fingerprint density at radius 1 is 1.42 bits per heavy atom. The van der Waals surface area contributed by atoms with Crippen LogP contribution in [-0.4, -0.2) is 19.4 Å². The first kappa shape index (κ1) is 15.4. The van der Waals surface area contributed by atoms with E-state index < -0.39 is 18.1 Å². The molecule has 102 valence electrons. The van der Waals surface area contributed by atoms with Crippen LogP contribution in [0, 0.1) is 11.8 Å². The van der Waals surface area contributed by atoms with E-state index in [1.165, 1.54) is 19.2 Å². The molecule has 0 aliphatic carbocycles. The Hall–Kier alpha value is -1.68. The number of ether oxygens (including phenoxy) is 2. The van der Waals surface area contributed by atoms with Crippen LogP contribution in [0.25, 0.3) is 0 Å². The summed E-state index contributed by atoms with van der Waals surface area (Å²) in [4.78, 5) is 10.8. The van der Waals surface area contributed by atoms with E-state index in [2.05, 4.69) is 37.2 Å². The van der Waals surface area contributed by atoms with Crippen molar-refractivity contribution in [3.8, 4) is 17.6 Å². The van der Waals surface area contributed by atoms with E-state index in [1.807, 2.05) is 0 Å². The molecule has 0 radical (unpaired) electrons. The average molecular weight is 337 g/mol. The number of rotatable bonds is 2. The molecule has 0 atom stereocenters. The first-order valence-corrected chi connectivity index (χ1v) is 5.72. The van der Waals surface area contributed by atoms with Crippen molar-refractivity contribution < 1.29 is 27.4 Å². The summed E-state index contributed by atoms with van der Waals surface area (Å²) >= 11 is 3.04. The number of carbonyl (C=O) groups is 1. The smallest absolute Gasteiger partial charge is 0.468 e. The molecule has 0 aliphatic rings. The summed E-state index contributed by atoms with van der Waals surface area (Å²) in [5.41, 5.74) is 0.0319. The molecule has 0 spiro atoms. The van der Waals surface area contributed by atoms with Gasteiger partial charge >= 0.3 is 12.3 Å². The highest BCUT2D eigenvalue weighted by Crippen LogP contribution is 2.28. The normalized spacial score (nSPS) is 10.4. The van der Waals surface area contributed by atoms with Gasteiger partial charge in [-0.3, -0.25) is 4.79 Å². The minimum Gasteiger partial charge on any atom is -0.468 e. The number of benzene rings is 1. The third-order valence-electron chi connectivity index (χ3n) is 1.85. The van der Waals surface area contributed by atoms with Gasteiger partial charge in [-0.05, 0) is 18.2 Å². The van der Waals surface area contributed by atoms with Crippen molar-refractivity contribution in [2.75, 3.05) is 7.11 Å². The van der Waals surface area contributed by atoms with Gasteiger partial charge in [0.05, 0.1) is 12.7 Å². The third kappa shape index (κ3) is 5.66. The molecule has 0 aromatic heterocycles. The van der Waals surface area contributed by atoms with E-state index in [0.29, 0.717) is 4.47 Å². The molecule has 0 N–H and O–H groups in total. The van der Waals surface area contributed by atoms with Crippen LogP contribution in [0.2, 0.25) is 0 Å². The summed E-state index contributed by atoms with van der Waals surface area (Å²) < 4.78 is 45.2. The molecule has 0 heterocycles. The zero-order valence-corrected chi connectivity index (χ0v) is 11.3. The Labute approximate surface area is 115 Å². The molecule has 0 amide bonds. The van der Waals surface area contributed by atoms with E-state index in [1.54, 1.807) is 0 Å². The standard InChI is InChI=1S/C12H8BrF3O3/c1-18-11(17)4-2-3-8-5-6-9(13)7-10(8)19-12(14,15)16/h5-7H,4H2,1H3. The molecule has 1 aromatic rings. The molecule has 1 aromatic carbocycles. The second-order valence-corrected chi connectivity index (χ2v) is 4.16. The number of hydrogen-bond acceptors (Lipinski definition) is 3. The lowest BCUT2D eigenvalue weighted by Gasteiger charge is -2.10. The van der Waals surface area contributed by atoms with Crippen molar-refractivity contribution in [1.82, 2.24) is 0 Å². The van der Waals surface area contributed by atoms with Gasteiger partial charge in [0.25, 0.3) is 0 Å². The molecule has 0 saturated carbocycles. The first-order chi connectivity index (χ1) is 8.81. The van der Waals surface area contributed by atoms with E-state index >= 15 is 0 Å². The minimum absolute atomic E-state index is 0.0319. The zero-order chi connectivity index (χ0) is 14.5. The zero-order valence-electron chi connectivity index (χ0n) is 9.68. The molecule has 0 aliphatic heterocycles. The molecule has 7 heteroatoms. The fourth-order valence-corrected chi connectivity index (χ4v) is 1.43. The Balaban J connectivity index is 2.97. The van der Waals surface area contributed by atoms with Crippen LogP contribution in [-0.2, 0) is 9.53 Å². The quantitative estimate of drug-likeness (QED) is 0.614. The molecule has 0 fully saturated rings. The Bertz CT molecular complexity index is 529. The van der Waals surface area contributed by atoms with Crippen LogP contribution >= 0.6 is 15.9 Å². The van der Waals surface area contributed by atoms with Crippen molar-refractivity contribution >= 4 is 21.9 Å². The summed E-state index contributed by atoms with van der Waals surface area (Å²) in [6, 6.07) is 4.02. The molecule has 0 unspecified atom stereocenters. The Morgan fingerprint density at radius 3 is 2.68 bits per heavy atom. The van der Waals surface area contributed by atoms with Crippen molar-refractivity contribution in [3.05, 3.63) is 28.2 Å². The molecule has 19 heavy (non-hydrogen) atoms. The van der Waals surface area contributed by atoms with Gasteiger partial charge in [-0.2, -0.15) is 0 Å². The maximum atomic E-state index is 12.2. The number of methoxy groups -OCH3 is 1. The molecule has 0 bridgehead atoms. The average Bonchev–Trinajstić information content (AvgIpc) is 2.29. The monoisotopic (exact) mass is 336 g/mol. The Kier molecular flexibility index (Phi) is 5.24. The van der Waals surface area contributed by atoms with Crippen molar-refractivity contribution in [3.63, 3.8) is 0 Å². The molecule has 1 rings (SSSR count). The van der Waals surface area contributed by atoms with E-state index in [4.69, 9.17) is 0 Å². The summed E-state index contributed by atoms with van der Waals surface area (Å²) in [6.07, 6.45) is -5.02. The largest absolute Gasteiger partial charge is 0.573 e. The van der Waals surface area contributed by atoms with Gasteiger partial charge in [0.2, 0.25) is 0 Å². The summed E-state index contributed by atoms with van der Waals surface area (Å²) in [5, 5.41) is 0. The number of halogens is 4. The lowest BCUT2D eigenvalue weighted by Crippen LogP contribution is -2.17. The minimum atomic E-state index is -4.81. The van der Waals surface area contributed by atoms with Gasteiger partial charge < -0.3 is 9.47 Å². The second kappa shape index (κ2) is 6.48. The van der Waals surface area contributed by atoms with Crippen LogP contribution in [0.4, 0.5) is 13.2 Å². The van der Waals surface area contributed by atoms with Crippen LogP contribution in [0.3, 0.4) is 0 Å². The third-order valence-corrected chi connectivity index (χ3v) is 2.35. The fraction of sp³-hybridized carbons (Fsp3) is 0.250. The van der Waals surface area contributed by atoms with Crippen molar-refractivity contribution in [1.29, 1.82) is 0 Å². The van der Waals surface area contributed by atoms with Gasteiger partial charge in [-0.1, -0.05) is 27.8 Å². The van der Waals surface area contributed by atoms with E-state index in [9.17, 15) is 18.0 Å². The predicted octanol–water partition coefficient (Wildman–Crippen LogP) is 3.26. The highest BCUT2D eigenvalue weighted by atomic mass is 79.9. The van der Waals surface area contributed by atoms with Crippen molar-refractivity contribution in [2.45, 2.75) is 12.8 Å². The number of hydrogen-bond donors (Lipinski definition) is 0. The van der Waals surface area contributed by atoms with Crippen LogP contribution in [0.15, 0.2) is 22.7 Å². The predicted molar refractivity (Wildman–Crippen MR) is 64.3 cm³/mol. The summed E-state index contributed by atoms with van der Waals surface area (Å²) in [7, 11) is 1.20. The molecule has 0 saturated heterocycles. The number of esters is 1. The summed E-state index contributed by atoms with van der Waals surface area (Å²) in [6.45, 7) is 0. The van der Waals surface area contributed by atoms with Crippen LogP contribution < -0.4 is 4.74 Å². The lowest BCUT2D eigenvalue weighted by molar-refractivity contribution is -0.274. The van der Waals surface area contributed by atoms with E-state index in [-0.39, 0.29) is 12.0 Å². The maximum Gasteiger partial charge on any atom is 0.573 e. The first-order valence-electron chi connectivity index (χ1n) is 4.93. The van der Waals surface area contributed by atoms with Gasteiger partial charge in [-0.25, -0.2) is 0 Å². The highest BCUT2D eigenvalue weighted by molar-refractivity contribution is 9.10. The SMILES string of the molecule is COC(=O)CC#Cc1ccc(Br)cc1OC(F)(F)F. The number of carbonyl (C=O) groups excluding carboxylic acids is 1. The lowest BCUT2D eigenvalue weighted by atomic mass is 10.2. The van der Waals surface area contributed by atoms with Gasteiger partial charge in [0, 0.05) is 4.47 Å². The number of alkyl halides is 3. The molecular weight excluding hydrogens is 329 g/mol. The highest BCUT2D eigenvalue weighted by Gasteiger charge is 2.32. The van der Waals surface area contributed by atoms with Gasteiger partial charge in [0.1, 0.15) is 12.2 Å².